The van der Waals surface area contributed by atoms with Gasteiger partial charge in [-0.15, -0.1) is 19.0 Å². The third-order valence-corrected chi connectivity index (χ3v) is 2.42. The van der Waals surface area contributed by atoms with E-state index in [1.807, 2.05) is 0 Å². The van der Waals surface area contributed by atoms with Crippen LogP contribution in [0.2, 0.25) is 5.02 Å². The lowest BCUT2D eigenvalue weighted by Gasteiger charge is -2.13. The van der Waals surface area contributed by atoms with Crippen molar-refractivity contribution in [1.29, 1.82) is 0 Å². The van der Waals surface area contributed by atoms with Gasteiger partial charge >= 0.3 is 0 Å². The summed E-state index contributed by atoms with van der Waals surface area (Å²) in [4.78, 5) is 0. The number of halogens is 4. The van der Waals surface area contributed by atoms with Crippen molar-refractivity contribution < 1.29 is 8.78 Å². The summed E-state index contributed by atoms with van der Waals surface area (Å²) in [6.45, 7) is 3.52. The molecule has 0 fully saturated rings. The Bertz CT molecular complexity index is 369. The third-order valence-electron chi connectivity index (χ3n) is 2.13. The molecule has 1 nitrogen and oxygen atoms in total. The first-order valence-electron chi connectivity index (χ1n) is 4.57. The molecule has 16 heavy (non-hydrogen) atoms. The predicted molar refractivity (Wildman–Crippen MR) is 65.0 cm³/mol. The van der Waals surface area contributed by atoms with Crippen LogP contribution in [0.5, 0.6) is 0 Å². The summed E-state index contributed by atoms with van der Waals surface area (Å²) < 4.78 is 26.8. The molecule has 0 unspecified atom stereocenters. The van der Waals surface area contributed by atoms with Crippen molar-refractivity contribution in [3.63, 3.8) is 0 Å². The fourth-order valence-electron chi connectivity index (χ4n) is 1.32. The van der Waals surface area contributed by atoms with Crippen molar-refractivity contribution in [3.05, 3.63) is 47.0 Å². The van der Waals surface area contributed by atoms with Crippen LogP contribution in [0.3, 0.4) is 0 Å². The van der Waals surface area contributed by atoms with Crippen LogP contribution < -0.4 is 5.73 Å². The molecule has 0 heterocycles. The van der Waals surface area contributed by atoms with Crippen molar-refractivity contribution >= 4 is 24.0 Å². The largest absolute Gasteiger partial charge is 0.324 e. The van der Waals surface area contributed by atoms with E-state index in [1.165, 1.54) is 6.07 Å². The molecule has 0 amide bonds. The maximum absolute atomic E-state index is 13.5. The zero-order valence-corrected chi connectivity index (χ0v) is 10.1. The minimum absolute atomic E-state index is 0. The molecule has 1 aromatic rings. The molecule has 0 bridgehead atoms. The molecule has 1 aromatic carbocycles. The molecule has 0 saturated heterocycles. The Labute approximate surface area is 105 Å². The molecule has 0 aliphatic heterocycles. The summed E-state index contributed by atoms with van der Waals surface area (Å²) in [5, 5.41) is -0.111. The van der Waals surface area contributed by atoms with E-state index < -0.39 is 17.7 Å². The normalized spacial score (nSPS) is 11.8. The molecular weight excluding hydrogens is 255 g/mol. The van der Waals surface area contributed by atoms with E-state index in [0.717, 1.165) is 6.07 Å². The summed E-state index contributed by atoms with van der Waals surface area (Å²) in [5.74, 6) is -1.43. The number of allylic oxidation sites excluding steroid dienone is 1. The van der Waals surface area contributed by atoms with Crippen molar-refractivity contribution in [2.75, 3.05) is 0 Å². The Hall–Kier alpha value is -0.640. The number of rotatable bonds is 4. The van der Waals surface area contributed by atoms with Gasteiger partial charge in [0.15, 0.2) is 0 Å². The molecule has 2 N–H and O–H groups in total. The second-order valence-corrected chi connectivity index (χ2v) is 3.64. The van der Waals surface area contributed by atoms with E-state index in [4.69, 9.17) is 17.3 Å². The molecule has 1 rings (SSSR count). The number of nitrogens with two attached hydrogens (primary N) is 1. The minimum atomic E-state index is -0.770. The first-order valence-corrected chi connectivity index (χ1v) is 4.95. The lowest BCUT2D eigenvalue weighted by atomic mass is 10.0. The molecule has 0 aliphatic rings. The Morgan fingerprint density at radius 2 is 2.06 bits per heavy atom. The summed E-state index contributed by atoms with van der Waals surface area (Å²) in [6, 6.07) is 1.60. The highest BCUT2D eigenvalue weighted by molar-refractivity contribution is 6.30. The van der Waals surface area contributed by atoms with Gasteiger partial charge in [0, 0.05) is 11.6 Å². The van der Waals surface area contributed by atoms with E-state index in [0.29, 0.717) is 12.8 Å². The second-order valence-electron chi connectivity index (χ2n) is 3.23. The van der Waals surface area contributed by atoms with Crippen LogP contribution in [-0.4, -0.2) is 0 Å². The quantitative estimate of drug-likeness (QED) is 0.648. The van der Waals surface area contributed by atoms with E-state index in [9.17, 15) is 8.78 Å². The van der Waals surface area contributed by atoms with Crippen LogP contribution in [0.15, 0.2) is 24.8 Å². The Kier molecular flexibility index (Phi) is 6.56. The molecule has 90 valence electrons. The maximum Gasteiger partial charge on any atom is 0.149 e. The molecule has 0 aromatic heterocycles. The summed E-state index contributed by atoms with van der Waals surface area (Å²) >= 11 is 5.55. The Morgan fingerprint density at radius 3 is 2.62 bits per heavy atom. The zero-order valence-electron chi connectivity index (χ0n) is 8.55. The van der Waals surface area contributed by atoms with Crippen LogP contribution in [-0.2, 0) is 0 Å². The number of hydrogen-bond acceptors (Lipinski definition) is 1. The highest BCUT2D eigenvalue weighted by Crippen LogP contribution is 2.27. The van der Waals surface area contributed by atoms with Gasteiger partial charge in [0.2, 0.25) is 0 Å². The van der Waals surface area contributed by atoms with E-state index >= 15 is 0 Å². The molecular formula is C11H13Cl2F2N. The summed E-state index contributed by atoms with van der Waals surface area (Å²) in [5.41, 5.74) is 5.52. The molecule has 0 radical (unpaired) electrons. The van der Waals surface area contributed by atoms with Gasteiger partial charge in [-0.3, -0.25) is 0 Å². The average molecular weight is 268 g/mol. The third kappa shape index (κ3) is 3.44. The summed E-state index contributed by atoms with van der Waals surface area (Å²) in [6.07, 6.45) is 2.70. The molecule has 5 heteroatoms. The number of hydrogen-bond donors (Lipinski definition) is 1. The Morgan fingerprint density at radius 1 is 1.44 bits per heavy atom. The van der Waals surface area contributed by atoms with E-state index in [-0.39, 0.29) is 23.0 Å². The van der Waals surface area contributed by atoms with Gasteiger partial charge in [0.1, 0.15) is 11.6 Å². The monoisotopic (exact) mass is 267 g/mol. The highest BCUT2D eigenvalue weighted by atomic mass is 35.5. The Balaban J connectivity index is 0.00000225. The van der Waals surface area contributed by atoms with Gasteiger partial charge in [-0.25, -0.2) is 8.78 Å². The zero-order chi connectivity index (χ0) is 11.4. The molecule has 0 aliphatic carbocycles. The molecule has 0 spiro atoms. The lowest BCUT2D eigenvalue weighted by Crippen LogP contribution is -2.14. The van der Waals surface area contributed by atoms with Crippen LogP contribution in [0.25, 0.3) is 0 Å². The average Bonchev–Trinajstić information content (AvgIpc) is 2.21. The van der Waals surface area contributed by atoms with Gasteiger partial charge in [-0.2, -0.15) is 0 Å². The van der Waals surface area contributed by atoms with Crippen molar-refractivity contribution in [1.82, 2.24) is 0 Å². The van der Waals surface area contributed by atoms with E-state index in [1.54, 1.807) is 6.08 Å². The van der Waals surface area contributed by atoms with Gasteiger partial charge in [0.05, 0.1) is 5.02 Å². The lowest BCUT2D eigenvalue weighted by molar-refractivity contribution is 0.514. The first kappa shape index (κ1) is 15.4. The van der Waals surface area contributed by atoms with Gasteiger partial charge < -0.3 is 5.73 Å². The predicted octanol–water partition coefficient (Wildman–Crippen LogP) is 4.01. The van der Waals surface area contributed by atoms with Crippen molar-refractivity contribution in [2.24, 2.45) is 5.73 Å². The topological polar surface area (TPSA) is 26.0 Å². The van der Waals surface area contributed by atoms with E-state index in [2.05, 4.69) is 6.58 Å². The van der Waals surface area contributed by atoms with Crippen molar-refractivity contribution in [3.8, 4) is 0 Å². The van der Waals surface area contributed by atoms with Crippen molar-refractivity contribution in [2.45, 2.75) is 18.9 Å². The minimum Gasteiger partial charge on any atom is -0.324 e. The highest BCUT2D eigenvalue weighted by Gasteiger charge is 2.18. The van der Waals surface area contributed by atoms with Crippen LogP contribution in [0, 0.1) is 11.6 Å². The van der Waals surface area contributed by atoms with Gasteiger partial charge in [-0.05, 0) is 25.0 Å². The van der Waals surface area contributed by atoms with Gasteiger partial charge in [0.25, 0.3) is 0 Å². The first-order chi connectivity index (χ1) is 7.07. The maximum atomic E-state index is 13.5. The standard InChI is InChI=1S/C11H12ClF2N.ClH/c1-2-3-4-9(15)10-8(13)6-5-7(12)11(10)14;/h2,5-6,9H,1,3-4,15H2;1H/t9-;/m0./s1. The van der Waals surface area contributed by atoms with Crippen LogP contribution in [0.1, 0.15) is 24.4 Å². The smallest absolute Gasteiger partial charge is 0.149 e. The van der Waals surface area contributed by atoms with Gasteiger partial charge in [-0.1, -0.05) is 17.7 Å². The SMILES string of the molecule is C=CCC[C@H](N)c1c(F)ccc(Cl)c1F.Cl. The van der Waals surface area contributed by atoms with Crippen LogP contribution in [0.4, 0.5) is 8.78 Å². The fraction of sp³-hybridized carbons (Fsp3) is 0.273. The fourth-order valence-corrected chi connectivity index (χ4v) is 1.49. The number of benzene rings is 1. The van der Waals surface area contributed by atoms with Crippen LogP contribution >= 0.6 is 24.0 Å². The molecule has 1 atom stereocenters. The summed E-state index contributed by atoms with van der Waals surface area (Å²) in [7, 11) is 0. The second kappa shape index (κ2) is 6.84. The molecule has 0 saturated carbocycles.